The number of hydrogen-bond donors (Lipinski definition) is 1. The van der Waals surface area contributed by atoms with Crippen molar-refractivity contribution in [2.45, 2.75) is 24.8 Å². The van der Waals surface area contributed by atoms with Crippen molar-refractivity contribution in [3.63, 3.8) is 0 Å². The molecule has 0 fully saturated rings. The van der Waals surface area contributed by atoms with Crippen LogP contribution in [0.1, 0.15) is 13.8 Å². The Hall–Kier alpha value is -1.18. The van der Waals surface area contributed by atoms with Gasteiger partial charge in [0.25, 0.3) is 0 Å². The maximum atomic E-state index is 12.0. The number of hydrogen-bond acceptors (Lipinski definition) is 3. The van der Waals surface area contributed by atoms with E-state index in [1.54, 1.807) is 55.2 Å². The summed E-state index contributed by atoms with van der Waals surface area (Å²) in [4.78, 5) is 0.246. The maximum absolute atomic E-state index is 12.0. The zero-order valence-electron chi connectivity index (χ0n) is 10.5. The van der Waals surface area contributed by atoms with Crippen molar-refractivity contribution in [3.8, 4) is 5.69 Å². The fraction of sp³-hybridized carbons (Fsp3) is 0.250. The van der Waals surface area contributed by atoms with Crippen LogP contribution in [0, 0.1) is 0 Å². The van der Waals surface area contributed by atoms with E-state index < -0.39 is 10.0 Å². The van der Waals surface area contributed by atoms with E-state index in [-0.39, 0.29) is 10.9 Å². The van der Waals surface area contributed by atoms with Gasteiger partial charge in [0.2, 0.25) is 10.0 Å². The minimum atomic E-state index is -3.44. The monoisotopic (exact) mass is 343 g/mol. The fourth-order valence-electron chi connectivity index (χ4n) is 1.60. The lowest BCUT2D eigenvalue weighted by atomic mass is 10.3. The summed E-state index contributed by atoms with van der Waals surface area (Å²) in [6, 6.07) is 6.43. The molecule has 102 valence electrons. The molecular weight excluding hydrogens is 330 g/mol. The minimum Gasteiger partial charge on any atom is -0.240 e. The highest BCUT2D eigenvalue weighted by Gasteiger charge is 2.15. The summed E-state index contributed by atoms with van der Waals surface area (Å²) in [5.41, 5.74) is 0.800. The Bertz CT molecular complexity index is 663. The van der Waals surface area contributed by atoms with Crippen LogP contribution in [0.3, 0.4) is 0 Å². The van der Waals surface area contributed by atoms with Crippen molar-refractivity contribution in [2.75, 3.05) is 0 Å². The highest BCUT2D eigenvalue weighted by atomic mass is 79.9. The zero-order chi connectivity index (χ0) is 14.0. The second kappa shape index (κ2) is 5.44. The van der Waals surface area contributed by atoms with Gasteiger partial charge in [0, 0.05) is 12.2 Å². The van der Waals surface area contributed by atoms with Crippen molar-refractivity contribution in [3.05, 3.63) is 41.1 Å². The van der Waals surface area contributed by atoms with Crippen LogP contribution in [0.5, 0.6) is 0 Å². The lowest BCUT2D eigenvalue weighted by Gasteiger charge is -2.10. The number of aromatic nitrogens is 2. The summed E-state index contributed by atoms with van der Waals surface area (Å²) >= 11 is 3.31. The van der Waals surface area contributed by atoms with E-state index >= 15 is 0 Å². The molecule has 0 amide bonds. The molecule has 0 saturated heterocycles. The summed E-state index contributed by atoms with van der Waals surface area (Å²) < 4.78 is 29.0. The van der Waals surface area contributed by atoms with Crippen LogP contribution in [0.15, 0.2) is 46.0 Å². The largest absolute Gasteiger partial charge is 0.240 e. The van der Waals surface area contributed by atoms with E-state index in [0.717, 1.165) is 10.2 Å². The van der Waals surface area contributed by atoms with Crippen molar-refractivity contribution in [1.29, 1.82) is 0 Å². The Kier molecular flexibility index (Phi) is 4.07. The Morgan fingerprint density at radius 1 is 1.26 bits per heavy atom. The van der Waals surface area contributed by atoms with E-state index in [1.807, 2.05) is 0 Å². The topological polar surface area (TPSA) is 64.0 Å². The molecule has 0 aliphatic rings. The van der Waals surface area contributed by atoms with Crippen LogP contribution in [-0.4, -0.2) is 24.2 Å². The maximum Gasteiger partial charge on any atom is 0.240 e. The summed E-state index contributed by atoms with van der Waals surface area (Å²) in [5.74, 6) is 0. The molecule has 1 N–H and O–H groups in total. The third kappa shape index (κ3) is 3.43. The second-order valence-corrected chi connectivity index (χ2v) is 7.00. The van der Waals surface area contributed by atoms with Gasteiger partial charge >= 0.3 is 0 Å². The molecular formula is C12H14BrN3O2S. The molecule has 1 aromatic carbocycles. The van der Waals surface area contributed by atoms with Gasteiger partial charge in [0.15, 0.2) is 0 Å². The predicted octanol–water partition coefficient (Wildman–Crippen LogP) is 2.32. The highest BCUT2D eigenvalue weighted by molar-refractivity contribution is 9.10. The molecule has 2 aromatic rings. The number of nitrogens with zero attached hydrogens (tertiary/aromatic N) is 2. The lowest BCUT2D eigenvalue weighted by Crippen LogP contribution is -2.30. The molecule has 0 aliphatic carbocycles. The Balaban J connectivity index is 2.28. The molecule has 1 aromatic heterocycles. The van der Waals surface area contributed by atoms with Crippen molar-refractivity contribution < 1.29 is 8.42 Å². The summed E-state index contributed by atoms with van der Waals surface area (Å²) in [5, 5.41) is 4.13. The molecule has 0 spiro atoms. The average molecular weight is 344 g/mol. The lowest BCUT2D eigenvalue weighted by molar-refractivity contribution is 0.570. The first-order valence-electron chi connectivity index (χ1n) is 5.71. The molecule has 0 saturated carbocycles. The van der Waals surface area contributed by atoms with Crippen LogP contribution in [0.2, 0.25) is 0 Å². The van der Waals surface area contributed by atoms with E-state index in [1.165, 1.54) is 0 Å². The third-order valence-corrected chi connectivity index (χ3v) is 4.44. The molecule has 1 heterocycles. The second-order valence-electron chi connectivity index (χ2n) is 4.37. The molecule has 0 radical (unpaired) electrons. The first kappa shape index (κ1) is 14.2. The Morgan fingerprint density at radius 2 is 1.89 bits per heavy atom. The third-order valence-electron chi connectivity index (χ3n) is 2.35. The summed E-state index contributed by atoms with van der Waals surface area (Å²) in [6.45, 7) is 3.57. The van der Waals surface area contributed by atoms with Gasteiger partial charge in [-0.3, -0.25) is 0 Å². The van der Waals surface area contributed by atoms with Gasteiger partial charge in [0.1, 0.15) is 0 Å². The SMILES string of the molecule is CC(C)NS(=O)(=O)c1ccc(-n2cc(Br)cn2)cc1. The van der Waals surface area contributed by atoms with Crippen LogP contribution in [0.4, 0.5) is 0 Å². The number of halogens is 1. The molecule has 2 rings (SSSR count). The highest BCUT2D eigenvalue weighted by Crippen LogP contribution is 2.15. The summed E-state index contributed by atoms with van der Waals surface area (Å²) in [6.07, 6.45) is 3.47. The molecule has 0 aliphatic heterocycles. The zero-order valence-corrected chi connectivity index (χ0v) is 12.9. The molecule has 0 unspecified atom stereocenters. The van der Waals surface area contributed by atoms with Crippen LogP contribution in [-0.2, 0) is 10.0 Å². The van der Waals surface area contributed by atoms with Crippen LogP contribution in [0.25, 0.3) is 5.69 Å². The molecule has 0 atom stereocenters. The fourth-order valence-corrected chi connectivity index (χ4v) is 3.13. The van der Waals surface area contributed by atoms with Gasteiger partial charge < -0.3 is 0 Å². The van der Waals surface area contributed by atoms with Gasteiger partial charge in [-0.1, -0.05) is 0 Å². The van der Waals surface area contributed by atoms with Crippen molar-refractivity contribution in [2.24, 2.45) is 0 Å². The first-order chi connectivity index (χ1) is 8.88. The molecule has 5 nitrogen and oxygen atoms in total. The number of rotatable bonds is 4. The number of benzene rings is 1. The van der Waals surface area contributed by atoms with Gasteiger partial charge in [-0.25, -0.2) is 17.8 Å². The van der Waals surface area contributed by atoms with Crippen molar-refractivity contribution >= 4 is 26.0 Å². The van der Waals surface area contributed by atoms with Gasteiger partial charge in [-0.2, -0.15) is 5.10 Å². The van der Waals surface area contributed by atoms with Crippen LogP contribution < -0.4 is 4.72 Å². The summed E-state index contributed by atoms with van der Waals surface area (Å²) in [7, 11) is -3.44. The van der Waals surface area contributed by atoms with Crippen molar-refractivity contribution in [1.82, 2.24) is 14.5 Å². The standard InChI is InChI=1S/C12H14BrN3O2S/c1-9(2)15-19(17,18)12-5-3-11(4-6-12)16-8-10(13)7-14-16/h3-9,15H,1-2H3. The Morgan fingerprint density at radius 3 is 2.37 bits per heavy atom. The number of nitrogens with one attached hydrogen (secondary N) is 1. The quantitative estimate of drug-likeness (QED) is 0.926. The van der Waals surface area contributed by atoms with Crippen LogP contribution >= 0.6 is 15.9 Å². The molecule has 19 heavy (non-hydrogen) atoms. The van der Waals surface area contributed by atoms with E-state index in [2.05, 4.69) is 25.8 Å². The molecule has 7 heteroatoms. The molecule has 0 bridgehead atoms. The van der Waals surface area contributed by atoms with E-state index in [9.17, 15) is 8.42 Å². The van der Waals surface area contributed by atoms with E-state index in [0.29, 0.717) is 0 Å². The first-order valence-corrected chi connectivity index (χ1v) is 7.99. The van der Waals surface area contributed by atoms with Gasteiger partial charge in [-0.15, -0.1) is 0 Å². The number of sulfonamides is 1. The normalized spacial score (nSPS) is 12.0. The average Bonchev–Trinajstić information content (AvgIpc) is 2.74. The predicted molar refractivity (Wildman–Crippen MR) is 76.7 cm³/mol. The van der Waals surface area contributed by atoms with E-state index in [4.69, 9.17) is 0 Å². The smallest absolute Gasteiger partial charge is 0.240 e. The minimum absolute atomic E-state index is 0.133. The van der Waals surface area contributed by atoms with Gasteiger partial charge in [-0.05, 0) is 54.0 Å². The Labute approximate surface area is 120 Å². The van der Waals surface area contributed by atoms with Gasteiger partial charge in [0.05, 0.1) is 21.3 Å².